The van der Waals surface area contributed by atoms with E-state index < -0.39 is 48.0 Å². The number of benzene rings is 4. The number of aliphatic hydroxyl groups is 1. The number of carbonyl (C=O) groups is 1. The normalized spacial score (nSPS) is 17.4. The van der Waals surface area contributed by atoms with Crippen molar-refractivity contribution in [3.8, 4) is 0 Å². The number of hydrogen-bond donors (Lipinski definition) is 1. The number of ether oxygens (including phenoxy) is 3. The van der Waals surface area contributed by atoms with Crippen LogP contribution in [-0.4, -0.2) is 51.2 Å². The molecule has 1 aliphatic heterocycles. The fourth-order valence-corrected chi connectivity index (χ4v) is 7.15. The van der Waals surface area contributed by atoms with E-state index in [-0.39, 0.29) is 12.4 Å². The third-order valence-electron chi connectivity index (χ3n) is 9.79. The zero-order valence-corrected chi connectivity index (χ0v) is 29.0. The van der Waals surface area contributed by atoms with Gasteiger partial charge in [-0.3, -0.25) is 4.79 Å². The third-order valence-corrected chi connectivity index (χ3v) is 9.79. The number of hydrogen-bond acceptors (Lipinski definition) is 8. The summed E-state index contributed by atoms with van der Waals surface area (Å²) in [6, 6.07) is 41.4. The predicted octanol–water partition coefficient (Wildman–Crippen LogP) is 6.56. The molecule has 0 spiro atoms. The minimum atomic E-state index is -1.37. The summed E-state index contributed by atoms with van der Waals surface area (Å²) >= 11 is 0. The van der Waals surface area contributed by atoms with Crippen molar-refractivity contribution >= 4 is 18.6 Å². The Balaban J connectivity index is 1.60. The Labute approximate surface area is 294 Å². The van der Waals surface area contributed by atoms with Gasteiger partial charge < -0.3 is 33.0 Å². The molecule has 5 aromatic rings. The Morgan fingerprint density at radius 2 is 1.08 bits per heavy atom. The zero-order valence-electron chi connectivity index (χ0n) is 29.0. The van der Waals surface area contributed by atoms with Crippen LogP contribution < -0.4 is 5.46 Å². The van der Waals surface area contributed by atoms with Gasteiger partial charge in [0.15, 0.2) is 0 Å². The molecule has 0 radical (unpaired) electrons. The van der Waals surface area contributed by atoms with E-state index in [4.69, 9.17) is 27.9 Å². The van der Waals surface area contributed by atoms with Gasteiger partial charge in [0.25, 0.3) is 0 Å². The molecule has 3 atom stereocenters. The first kappa shape index (κ1) is 35.3. The second-order valence-corrected chi connectivity index (χ2v) is 12.9. The highest BCUT2D eigenvalue weighted by Gasteiger charge is 2.62. The van der Waals surface area contributed by atoms with E-state index in [0.717, 1.165) is 22.3 Å². The molecule has 258 valence electrons. The van der Waals surface area contributed by atoms with Crippen molar-refractivity contribution in [2.45, 2.75) is 50.3 Å². The van der Waals surface area contributed by atoms with E-state index in [2.05, 4.69) is 0 Å². The lowest BCUT2D eigenvalue weighted by Crippen LogP contribution is -2.56. The largest absolute Gasteiger partial charge is 0.498 e. The minimum Gasteiger partial charge on any atom is -0.467 e. The van der Waals surface area contributed by atoms with Crippen LogP contribution in [0.5, 0.6) is 0 Å². The number of methoxy groups -OCH3 is 2. The summed E-state index contributed by atoms with van der Waals surface area (Å²) in [4.78, 5) is 13.0. The summed E-state index contributed by atoms with van der Waals surface area (Å²) in [5.74, 6) is -0.422. The van der Waals surface area contributed by atoms with Crippen LogP contribution in [0.25, 0.3) is 0 Å². The molecule has 1 N–H and O–H groups in total. The summed E-state index contributed by atoms with van der Waals surface area (Å²) in [7, 11) is 2.26. The molecule has 2 heterocycles. The maximum absolute atomic E-state index is 13.0. The number of esters is 1. The van der Waals surface area contributed by atoms with E-state index in [9.17, 15) is 9.90 Å². The van der Waals surface area contributed by atoms with Crippen molar-refractivity contribution in [1.29, 1.82) is 0 Å². The van der Waals surface area contributed by atoms with E-state index in [1.807, 2.05) is 121 Å². The van der Waals surface area contributed by atoms with Gasteiger partial charge in [0.2, 0.25) is 0 Å². The van der Waals surface area contributed by atoms with Crippen LogP contribution in [0.3, 0.4) is 0 Å². The van der Waals surface area contributed by atoms with E-state index in [1.54, 1.807) is 41.1 Å². The lowest BCUT2D eigenvalue weighted by Gasteiger charge is -2.46. The number of rotatable bonds is 13. The van der Waals surface area contributed by atoms with Crippen molar-refractivity contribution < 1.29 is 37.8 Å². The second kappa shape index (κ2) is 14.8. The Hall–Kier alpha value is -4.51. The maximum Gasteiger partial charge on any atom is 0.498 e. The van der Waals surface area contributed by atoms with Crippen LogP contribution in [0.2, 0.25) is 0 Å². The summed E-state index contributed by atoms with van der Waals surface area (Å²) in [5.41, 5.74) is 0.0215. The molecule has 0 aliphatic carbocycles. The third kappa shape index (κ3) is 5.99. The summed E-state index contributed by atoms with van der Waals surface area (Å²) in [5, 5.41) is 11.7. The average Bonchev–Trinajstić information content (AvgIpc) is 3.83. The molecule has 0 amide bonds. The van der Waals surface area contributed by atoms with E-state index >= 15 is 0 Å². The molecule has 4 aromatic carbocycles. The molecule has 50 heavy (non-hydrogen) atoms. The molecule has 9 heteroatoms. The standard InChI is InChI=1S/C41H43BO8/c1-6-47-38(44)39(2,3)35(43)34-33(27-28-48-34)42-49-36(40(45-4,29-19-11-7-12-20-29)30-21-13-8-14-22-30)37(50-42)41(46-5,31-23-15-9-16-24-31)32-25-17-10-18-26-32/h7-28,35-37,43H,6H2,1-5H3/t35-,36-,37-/m1/s1. The summed E-state index contributed by atoms with van der Waals surface area (Å²) in [6.07, 6.45) is -1.64. The van der Waals surface area contributed by atoms with Crippen molar-refractivity contribution in [1.82, 2.24) is 0 Å². The highest BCUT2D eigenvalue weighted by atomic mass is 16.7. The second-order valence-electron chi connectivity index (χ2n) is 12.9. The Morgan fingerprint density at radius 1 is 0.700 bits per heavy atom. The monoisotopic (exact) mass is 674 g/mol. The van der Waals surface area contributed by atoms with Gasteiger partial charge in [-0.1, -0.05) is 121 Å². The molecule has 1 aliphatic rings. The molecule has 1 aromatic heterocycles. The average molecular weight is 675 g/mol. The Bertz CT molecular complexity index is 1650. The van der Waals surface area contributed by atoms with Gasteiger partial charge in [-0.25, -0.2) is 0 Å². The topological polar surface area (TPSA) is 96.6 Å². The molecular weight excluding hydrogens is 631 g/mol. The van der Waals surface area contributed by atoms with Crippen molar-refractivity contribution in [3.63, 3.8) is 0 Å². The van der Waals surface area contributed by atoms with E-state index in [1.165, 1.54) is 6.26 Å². The Morgan fingerprint density at radius 3 is 1.42 bits per heavy atom. The molecule has 0 unspecified atom stereocenters. The smallest absolute Gasteiger partial charge is 0.467 e. The van der Waals surface area contributed by atoms with Gasteiger partial charge in [-0.2, -0.15) is 0 Å². The van der Waals surface area contributed by atoms with Crippen LogP contribution >= 0.6 is 0 Å². The number of carbonyl (C=O) groups excluding carboxylic acids is 1. The lowest BCUT2D eigenvalue weighted by molar-refractivity contribution is -0.161. The van der Waals surface area contributed by atoms with Gasteiger partial charge in [-0.05, 0) is 49.1 Å². The first-order valence-corrected chi connectivity index (χ1v) is 16.8. The maximum atomic E-state index is 13.0. The fourth-order valence-electron chi connectivity index (χ4n) is 7.15. The van der Waals surface area contributed by atoms with Gasteiger partial charge in [-0.15, -0.1) is 0 Å². The quantitative estimate of drug-likeness (QED) is 0.111. The first-order chi connectivity index (χ1) is 24.2. The first-order valence-electron chi connectivity index (χ1n) is 16.8. The number of furan rings is 1. The predicted molar refractivity (Wildman–Crippen MR) is 191 cm³/mol. The highest BCUT2D eigenvalue weighted by molar-refractivity contribution is 6.62. The highest BCUT2D eigenvalue weighted by Crippen LogP contribution is 2.50. The van der Waals surface area contributed by atoms with Crippen LogP contribution in [-0.2, 0) is 39.5 Å². The van der Waals surface area contributed by atoms with Crippen molar-refractivity contribution in [2.75, 3.05) is 20.8 Å². The molecule has 8 nitrogen and oxygen atoms in total. The Kier molecular flexibility index (Phi) is 10.4. The summed E-state index contributed by atoms with van der Waals surface area (Å²) in [6.45, 7) is 5.13. The minimum absolute atomic E-state index is 0.136. The number of aliphatic hydroxyl groups excluding tert-OH is 1. The molecule has 1 fully saturated rings. The van der Waals surface area contributed by atoms with Crippen LogP contribution in [0, 0.1) is 5.41 Å². The lowest BCUT2D eigenvalue weighted by atomic mass is 9.71. The zero-order chi connectivity index (χ0) is 35.4. The van der Waals surface area contributed by atoms with Crippen LogP contribution in [0.4, 0.5) is 0 Å². The summed E-state index contributed by atoms with van der Waals surface area (Å²) < 4.78 is 38.9. The van der Waals surface area contributed by atoms with Gasteiger partial charge >= 0.3 is 13.1 Å². The molecule has 1 saturated heterocycles. The van der Waals surface area contributed by atoms with Crippen LogP contribution in [0.15, 0.2) is 138 Å². The van der Waals surface area contributed by atoms with Gasteiger partial charge in [0, 0.05) is 19.7 Å². The molecule has 0 saturated carbocycles. The van der Waals surface area contributed by atoms with Crippen LogP contribution in [0.1, 0.15) is 54.9 Å². The van der Waals surface area contributed by atoms with E-state index in [0.29, 0.717) is 5.46 Å². The molecule has 6 rings (SSSR count). The van der Waals surface area contributed by atoms with Crippen molar-refractivity contribution in [3.05, 3.63) is 162 Å². The SMILES string of the molecule is CCOC(=O)C(C)(C)[C@H](O)c1occc1B1O[C@@H](C(OC)(c2ccccc2)c2ccccc2)[C@H](C(OC)(c2ccccc2)c2ccccc2)O1. The molecular formula is C41H43BO8. The molecule has 0 bridgehead atoms. The van der Waals surface area contributed by atoms with Gasteiger partial charge in [0.1, 0.15) is 35.3 Å². The van der Waals surface area contributed by atoms with Crippen molar-refractivity contribution in [2.24, 2.45) is 5.41 Å². The fraction of sp³-hybridized carbons (Fsp3) is 0.293. The van der Waals surface area contributed by atoms with Gasteiger partial charge in [0.05, 0.1) is 18.3 Å².